The van der Waals surface area contributed by atoms with Gasteiger partial charge >= 0.3 is 5.97 Å². The maximum Gasteiger partial charge on any atom is 0.320 e. The monoisotopic (exact) mass is 579 g/mol. The Balaban J connectivity index is 1.48. The van der Waals surface area contributed by atoms with E-state index in [-0.39, 0.29) is 24.8 Å². The van der Waals surface area contributed by atoms with Gasteiger partial charge in [-0.15, -0.1) is 11.3 Å². The molecule has 0 spiro atoms. The minimum Gasteiger partial charge on any atom is -0.493 e. The molecular weight excluding hydrogens is 554 g/mol. The van der Waals surface area contributed by atoms with Crippen LogP contribution in [0.25, 0.3) is 10.6 Å². The molecule has 2 N–H and O–H groups in total. The summed E-state index contributed by atoms with van der Waals surface area (Å²) in [5.74, 6) is -0.736. The number of carbonyl (C=O) groups is 2. The number of hydrogen-bond donors (Lipinski definition) is 1. The van der Waals surface area contributed by atoms with Gasteiger partial charge in [0.05, 0.1) is 46.4 Å². The Morgan fingerprint density at radius 3 is 2.66 bits per heavy atom. The minimum atomic E-state index is -3.44. The Morgan fingerprint density at radius 2 is 2.03 bits per heavy atom. The number of methoxy groups -OCH3 is 1. The number of benzene rings is 1. The summed E-state index contributed by atoms with van der Waals surface area (Å²) in [7, 11) is -1.99. The standard InChI is InChI=1S/C25H26ClN3O7S2/c1-3-38(32,33)14-18(36-23(30)10-27)13-35-20-7-5-17(9-21(20)34-2)29-12-15-8-22(37-24(15)25(29)31)19-6-4-16(26)11-28-19/h4-9,11,18H,3,10,12-14,27H2,1-2H3/t18-/m1/s1. The van der Waals surface area contributed by atoms with Gasteiger partial charge in [0.2, 0.25) is 0 Å². The van der Waals surface area contributed by atoms with Crippen LogP contribution >= 0.6 is 22.9 Å². The van der Waals surface area contributed by atoms with Crippen LogP contribution in [0.5, 0.6) is 11.5 Å². The average molecular weight is 580 g/mol. The number of hydrogen-bond acceptors (Lipinski definition) is 10. The summed E-state index contributed by atoms with van der Waals surface area (Å²) in [6.07, 6.45) is 0.527. The first-order valence-corrected chi connectivity index (χ1v) is 14.6. The molecule has 1 aliphatic heterocycles. The number of rotatable bonds is 11. The first-order valence-electron chi connectivity index (χ1n) is 11.6. The quantitative estimate of drug-likeness (QED) is 0.339. The van der Waals surface area contributed by atoms with Crippen LogP contribution in [0.2, 0.25) is 5.02 Å². The maximum absolute atomic E-state index is 13.2. The number of pyridine rings is 1. The topological polar surface area (TPSA) is 138 Å². The van der Waals surface area contributed by atoms with Crippen LogP contribution < -0.4 is 20.1 Å². The lowest BCUT2D eigenvalue weighted by Gasteiger charge is -2.21. The fourth-order valence-corrected chi connectivity index (χ4v) is 6.00. The smallest absolute Gasteiger partial charge is 0.320 e. The van der Waals surface area contributed by atoms with Crippen molar-refractivity contribution >= 4 is 50.3 Å². The summed E-state index contributed by atoms with van der Waals surface area (Å²) in [4.78, 5) is 32.3. The lowest BCUT2D eigenvalue weighted by atomic mass is 10.2. The number of fused-ring (bicyclic) bond motifs is 1. The van der Waals surface area contributed by atoms with E-state index in [9.17, 15) is 18.0 Å². The Hall–Kier alpha value is -3.19. The lowest BCUT2D eigenvalue weighted by molar-refractivity contribution is -0.147. The fraction of sp³-hybridized carbons (Fsp3) is 0.320. The van der Waals surface area contributed by atoms with E-state index in [1.807, 2.05) is 12.1 Å². The van der Waals surface area contributed by atoms with Gasteiger partial charge in [0.15, 0.2) is 21.3 Å². The summed E-state index contributed by atoms with van der Waals surface area (Å²) in [5.41, 5.74) is 7.55. The molecule has 2 aromatic heterocycles. The number of aromatic nitrogens is 1. The predicted octanol–water partition coefficient (Wildman–Crippen LogP) is 3.32. The highest BCUT2D eigenvalue weighted by Crippen LogP contribution is 2.40. The number of ether oxygens (including phenoxy) is 3. The molecule has 10 nitrogen and oxygen atoms in total. The first kappa shape index (κ1) is 27.8. The van der Waals surface area contributed by atoms with E-state index in [4.69, 9.17) is 31.5 Å². The van der Waals surface area contributed by atoms with Crippen molar-refractivity contribution < 1.29 is 32.2 Å². The minimum absolute atomic E-state index is 0.102. The number of sulfone groups is 1. The van der Waals surface area contributed by atoms with E-state index >= 15 is 0 Å². The van der Waals surface area contributed by atoms with Crippen LogP contribution in [0.15, 0.2) is 42.6 Å². The highest BCUT2D eigenvalue weighted by atomic mass is 35.5. The van der Waals surface area contributed by atoms with Gasteiger partial charge < -0.3 is 24.8 Å². The van der Waals surface area contributed by atoms with Crippen molar-refractivity contribution in [3.8, 4) is 22.1 Å². The number of anilines is 1. The molecule has 0 bridgehead atoms. The van der Waals surface area contributed by atoms with Crippen molar-refractivity contribution in [2.24, 2.45) is 5.73 Å². The zero-order valence-corrected chi connectivity index (χ0v) is 23.1. The van der Waals surface area contributed by atoms with E-state index in [1.54, 1.807) is 35.4 Å². The third-order valence-electron chi connectivity index (χ3n) is 5.78. The Morgan fingerprint density at radius 1 is 1.24 bits per heavy atom. The molecule has 202 valence electrons. The largest absolute Gasteiger partial charge is 0.493 e. The molecule has 0 unspecified atom stereocenters. The highest BCUT2D eigenvalue weighted by Gasteiger charge is 2.32. The Kier molecular flexibility index (Phi) is 8.56. The van der Waals surface area contributed by atoms with Crippen molar-refractivity contribution in [3.63, 3.8) is 0 Å². The van der Waals surface area contributed by atoms with E-state index in [2.05, 4.69) is 4.98 Å². The summed E-state index contributed by atoms with van der Waals surface area (Å²) in [5, 5.41) is 0.541. The summed E-state index contributed by atoms with van der Waals surface area (Å²) in [6.45, 7) is 1.29. The number of halogens is 1. The molecular formula is C25H26ClN3O7S2. The molecule has 0 saturated heterocycles. The van der Waals surface area contributed by atoms with Crippen LogP contribution in [0.1, 0.15) is 22.2 Å². The van der Waals surface area contributed by atoms with Gasteiger partial charge in [-0.25, -0.2) is 8.42 Å². The molecule has 0 fully saturated rings. The van der Waals surface area contributed by atoms with Gasteiger partial charge in [-0.3, -0.25) is 14.6 Å². The van der Waals surface area contributed by atoms with E-state index in [1.165, 1.54) is 25.4 Å². The molecule has 3 heterocycles. The summed E-state index contributed by atoms with van der Waals surface area (Å²) >= 11 is 7.30. The molecule has 1 aliphatic rings. The molecule has 1 atom stereocenters. The third-order valence-corrected chi connectivity index (χ3v) is 8.96. The fourth-order valence-electron chi connectivity index (χ4n) is 3.83. The molecule has 38 heavy (non-hydrogen) atoms. The van der Waals surface area contributed by atoms with Gasteiger partial charge in [0, 0.05) is 23.7 Å². The van der Waals surface area contributed by atoms with Crippen LogP contribution in [-0.2, 0) is 25.9 Å². The third kappa shape index (κ3) is 6.26. The lowest BCUT2D eigenvalue weighted by Crippen LogP contribution is -2.35. The second-order valence-electron chi connectivity index (χ2n) is 8.38. The zero-order chi connectivity index (χ0) is 27.4. The molecule has 4 rings (SSSR count). The van der Waals surface area contributed by atoms with Gasteiger partial charge in [-0.1, -0.05) is 18.5 Å². The van der Waals surface area contributed by atoms with Gasteiger partial charge in [-0.2, -0.15) is 0 Å². The number of nitrogens with two attached hydrogens (primary N) is 1. The van der Waals surface area contributed by atoms with E-state index < -0.39 is 27.7 Å². The Labute approximate surface area is 229 Å². The normalized spacial score (nSPS) is 13.8. The number of amides is 1. The second-order valence-corrected chi connectivity index (χ2v) is 12.3. The van der Waals surface area contributed by atoms with Crippen LogP contribution in [0, 0.1) is 0 Å². The van der Waals surface area contributed by atoms with Gasteiger partial charge in [-0.05, 0) is 35.9 Å². The molecule has 3 aromatic rings. The van der Waals surface area contributed by atoms with Crippen molar-refractivity contribution in [1.82, 2.24) is 4.98 Å². The number of carbonyl (C=O) groups excluding carboxylic acids is 2. The number of esters is 1. The molecule has 0 radical (unpaired) electrons. The SMILES string of the molecule is CCS(=O)(=O)C[C@@H](COc1ccc(N2Cc3cc(-c4ccc(Cl)cn4)sc3C2=O)cc1OC)OC(=O)CN. The van der Waals surface area contributed by atoms with E-state index in [0.717, 1.165) is 16.1 Å². The molecule has 1 amide bonds. The number of thiophene rings is 1. The van der Waals surface area contributed by atoms with E-state index in [0.29, 0.717) is 33.6 Å². The molecule has 1 aromatic carbocycles. The van der Waals surface area contributed by atoms with Crippen LogP contribution in [-0.4, -0.2) is 63.1 Å². The van der Waals surface area contributed by atoms with Crippen molar-refractivity contribution in [2.75, 3.05) is 36.7 Å². The summed E-state index contributed by atoms with van der Waals surface area (Å²) in [6, 6.07) is 10.5. The average Bonchev–Trinajstić information content (AvgIpc) is 3.46. The molecule has 13 heteroatoms. The molecule has 0 aliphatic carbocycles. The molecule has 0 saturated carbocycles. The van der Waals surface area contributed by atoms with Crippen molar-refractivity contribution in [2.45, 2.75) is 19.6 Å². The maximum atomic E-state index is 13.2. The number of nitrogens with zero attached hydrogens (tertiary/aromatic N) is 2. The first-order chi connectivity index (χ1) is 18.1. The van der Waals surface area contributed by atoms with Gasteiger partial charge in [0.25, 0.3) is 5.91 Å². The predicted molar refractivity (Wildman–Crippen MR) is 145 cm³/mol. The van der Waals surface area contributed by atoms with Gasteiger partial charge in [0.1, 0.15) is 12.7 Å². The van der Waals surface area contributed by atoms with Crippen LogP contribution in [0.3, 0.4) is 0 Å². The van der Waals surface area contributed by atoms with Crippen molar-refractivity contribution in [1.29, 1.82) is 0 Å². The Bertz CT molecular complexity index is 1440. The van der Waals surface area contributed by atoms with Crippen LogP contribution in [0.4, 0.5) is 5.69 Å². The second kappa shape index (κ2) is 11.7. The summed E-state index contributed by atoms with van der Waals surface area (Å²) < 4.78 is 40.5. The van der Waals surface area contributed by atoms with Crippen molar-refractivity contribution in [3.05, 3.63) is 58.1 Å². The zero-order valence-electron chi connectivity index (χ0n) is 20.7. The highest BCUT2D eigenvalue weighted by molar-refractivity contribution is 7.91.